The van der Waals surface area contributed by atoms with Gasteiger partial charge in [-0.25, -0.2) is 19.9 Å². The average Bonchev–Trinajstić information content (AvgIpc) is 4.36. The number of nitrogens with one attached hydrogen (secondary N) is 1. The maximum Gasteiger partial charge on any atom is 0.146 e. The number of nitrogens with zero attached hydrogens (tertiary/aromatic N) is 7. The molecule has 0 unspecified atom stereocenters. The summed E-state index contributed by atoms with van der Waals surface area (Å²) >= 11 is 12.5. The third kappa shape index (κ3) is 7.08. The second-order valence-electron chi connectivity index (χ2n) is 18.6. The van der Waals surface area contributed by atoms with Crippen LogP contribution in [-0.2, 0) is 0 Å². The Labute approximate surface area is 454 Å². The van der Waals surface area contributed by atoms with Gasteiger partial charge in [0.15, 0.2) is 0 Å². The van der Waals surface area contributed by atoms with Crippen LogP contribution in [0.25, 0.3) is 134 Å². The molecule has 17 rings (SSSR count). The Hall–Kier alpha value is -8.71. The van der Waals surface area contributed by atoms with E-state index in [-0.39, 0.29) is 0 Å². The SMILES string of the molecule is Clc1cccnc1Br.c1ccc(-n2c3cc(-c4ncc[nH]4)ccc3c3ccc4sc5ccccc5c4c32)cc1.c1ccc(-n2c3cc4c(cc3c3ccc5sc6ccccc6c5c32)c2cccnc2n2ccnc42)cc1. The molecule has 9 aromatic heterocycles. The minimum absolute atomic E-state index is 0.646. The number of para-hydroxylation sites is 2. The second-order valence-corrected chi connectivity index (χ2v) is 21.9. The van der Waals surface area contributed by atoms with Crippen LogP contribution in [0.4, 0.5) is 0 Å². The molecule has 0 fully saturated rings. The van der Waals surface area contributed by atoms with Crippen LogP contribution in [0.5, 0.6) is 0 Å². The third-order valence-electron chi connectivity index (χ3n) is 14.4. The lowest BCUT2D eigenvalue weighted by Crippen LogP contribution is -1.95. The summed E-state index contributed by atoms with van der Waals surface area (Å²) < 4.78 is 12.9. The minimum atomic E-state index is 0.646. The molecule has 76 heavy (non-hydrogen) atoms. The lowest BCUT2D eigenvalue weighted by molar-refractivity contribution is 1.19. The first-order valence-electron chi connectivity index (χ1n) is 24.7. The molecule has 0 aliphatic carbocycles. The Morgan fingerprint density at radius 3 is 1.62 bits per heavy atom. The summed E-state index contributed by atoms with van der Waals surface area (Å²) in [6, 6.07) is 67.1. The van der Waals surface area contributed by atoms with E-state index < -0.39 is 0 Å². The number of imidazole rings is 2. The molecule has 0 atom stereocenters. The molecule has 0 saturated carbocycles. The van der Waals surface area contributed by atoms with Crippen molar-refractivity contribution < 1.29 is 0 Å². The van der Waals surface area contributed by atoms with Crippen LogP contribution in [-0.4, -0.2) is 38.5 Å². The smallest absolute Gasteiger partial charge is 0.146 e. The van der Waals surface area contributed by atoms with E-state index in [1.807, 2.05) is 53.5 Å². The van der Waals surface area contributed by atoms with Crippen LogP contribution in [0.1, 0.15) is 0 Å². The first-order chi connectivity index (χ1) is 37.6. The van der Waals surface area contributed by atoms with Crippen LogP contribution >= 0.6 is 50.2 Å². The minimum Gasteiger partial charge on any atom is -0.345 e. The molecular formula is C64H38BrClN8S2. The number of pyridine rings is 3. The fraction of sp³-hybridized carbons (Fsp3) is 0. The van der Waals surface area contributed by atoms with E-state index in [1.165, 1.54) is 95.0 Å². The van der Waals surface area contributed by atoms with Crippen LogP contribution in [0, 0.1) is 0 Å². The van der Waals surface area contributed by atoms with Gasteiger partial charge in [-0.05, 0) is 112 Å². The largest absolute Gasteiger partial charge is 0.345 e. The van der Waals surface area contributed by atoms with E-state index in [0.717, 1.165) is 39.1 Å². The maximum atomic E-state index is 5.60. The number of benzene rings is 8. The number of hydrogen-bond donors (Lipinski definition) is 1. The number of thiophene rings is 2. The first kappa shape index (κ1) is 44.7. The summed E-state index contributed by atoms with van der Waals surface area (Å²) in [5, 5.41) is 14.4. The Morgan fingerprint density at radius 2 is 0.987 bits per heavy atom. The zero-order valence-corrected chi connectivity index (χ0v) is 44.0. The van der Waals surface area contributed by atoms with Gasteiger partial charge in [-0.1, -0.05) is 109 Å². The molecule has 0 aliphatic rings. The Balaban J connectivity index is 0.000000118. The zero-order valence-electron chi connectivity index (χ0n) is 40.1. The van der Waals surface area contributed by atoms with Crippen molar-refractivity contribution >= 4 is 162 Å². The van der Waals surface area contributed by atoms with Crippen molar-refractivity contribution in [2.24, 2.45) is 0 Å². The van der Waals surface area contributed by atoms with E-state index in [4.69, 9.17) is 21.6 Å². The van der Waals surface area contributed by atoms with Crippen molar-refractivity contribution in [1.82, 2.24) is 38.5 Å². The number of halogens is 2. The van der Waals surface area contributed by atoms with E-state index in [9.17, 15) is 0 Å². The van der Waals surface area contributed by atoms with Gasteiger partial charge >= 0.3 is 0 Å². The number of hydrogen-bond acceptors (Lipinski definition) is 6. The van der Waals surface area contributed by atoms with Crippen molar-refractivity contribution in [3.63, 3.8) is 0 Å². The highest BCUT2D eigenvalue weighted by Gasteiger charge is 2.22. The van der Waals surface area contributed by atoms with Gasteiger partial charge in [-0.3, -0.25) is 4.40 Å². The van der Waals surface area contributed by atoms with Crippen molar-refractivity contribution in [3.8, 4) is 22.8 Å². The van der Waals surface area contributed by atoms with Crippen LogP contribution in [0.3, 0.4) is 0 Å². The summed E-state index contributed by atoms with van der Waals surface area (Å²) in [5.74, 6) is 0.887. The van der Waals surface area contributed by atoms with Gasteiger partial charge in [0, 0.05) is 127 Å². The molecule has 0 aliphatic heterocycles. The van der Waals surface area contributed by atoms with E-state index in [1.54, 1.807) is 24.5 Å². The van der Waals surface area contributed by atoms with E-state index in [0.29, 0.717) is 9.63 Å². The predicted octanol–water partition coefficient (Wildman–Crippen LogP) is 18.5. The maximum absolute atomic E-state index is 5.60. The van der Waals surface area contributed by atoms with E-state index in [2.05, 4.69) is 214 Å². The van der Waals surface area contributed by atoms with Crippen LogP contribution in [0.2, 0.25) is 5.02 Å². The van der Waals surface area contributed by atoms with Gasteiger partial charge in [-0.2, -0.15) is 0 Å². The average molecular weight is 1100 g/mol. The number of fused-ring (bicyclic) bond motifs is 20. The lowest BCUT2D eigenvalue weighted by Gasteiger charge is -2.11. The van der Waals surface area contributed by atoms with Crippen LogP contribution < -0.4 is 0 Å². The van der Waals surface area contributed by atoms with Crippen molar-refractivity contribution in [3.05, 3.63) is 235 Å². The first-order valence-corrected chi connectivity index (χ1v) is 27.5. The fourth-order valence-electron chi connectivity index (χ4n) is 11.2. The van der Waals surface area contributed by atoms with Gasteiger partial charge in [0.05, 0.1) is 27.1 Å². The highest BCUT2D eigenvalue weighted by Crippen LogP contribution is 2.46. The van der Waals surface area contributed by atoms with Gasteiger partial charge in [0.1, 0.15) is 21.7 Å². The summed E-state index contributed by atoms with van der Waals surface area (Å²) in [5.41, 5.74) is 10.2. The van der Waals surface area contributed by atoms with Crippen LogP contribution in [0.15, 0.2) is 230 Å². The molecular weight excluding hydrogens is 1060 g/mol. The van der Waals surface area contributed by atoms with Crippen molar-refractivity contribution in [2.45, 2.75) is 0 Å². The van der Waals surface area contributed by atoms with Gasteiger partial charge in [0.2, 0.25) is 0 Å². The molecule has 0 radical (unpaired) electrons. The highest BCUT2D eigenvalue weighted by molar-refractivity contribution is 9.10. The molecule has 0 amide bonds. The topological polar surface area (TPSA) is 81.6 Å². The van der Waals surface area contributed by atoms with Gasteiger partial charge < -0.3 is 14.1 Å². The molecule has 17 aromatic rings. The fourth-order valence-corrected chi connectivity index (χ4v) is 13.8. The van der Waals surface area contributed by atoms with Crippen molar-refractivity contribution in [2.75, 3.05) is 0 Å². The standard InChI is InChI=1S/C32H18N4S.C27H17N3S.C5H3BrClN/c1-2-7-19(8-3-1)36-26-18-25-23(21-10-6-14-33-31(21)35-16-15-34-32(25)35)17-24(26)20-12-13-28-29(30(20)36)22-9-4-5-11-27(22)37-28;1-2-6-18(7-3-1)30-22-16-17(27-28-14-15-29-27)10-11-19(22)20-12-13-24-25(26(20)30)21-8-4-5-9-23(21)31-24;6-5-4(7)2-1-3-8-5/h1-18H;1-16H,(H,28,29);1-3H. The number of aromatic amines is 1. The monoisotopic (exact) mass is 1100 g/mol. The number of aromatic nitrogens is 8. The lowest BCUT2D eigenvalue weighted by atomic mass is 10.0. The third-order valence-corrected chi connectivity index (χ3v) is 17.8. The van der Waals surface area contributed by atoms with Gasteiger partial charge in [-0.15, -0.1) is 22.7 Å². The normalized spacial score (nSPS) is 11.8. The molecule has 9 heterocycles. The van der Waals surface area contributed by atoms with Crippen molar-refractivity contribution in [1.29, 1.82) is 0 Å². The second kappa shape index (κ2) is 18.0. The van der Waals surface area contributed by atoms with E-state index >= 15 is 0 Å². The highest BCUT2D eigenvalue weighted by atomic mass is 79.9. The molecule has 0 saturated heterocycles. The summed E-state index contributed by atoms with van der Waals surface area (Å²) in [4.78, 5) is 21.0. The molecule has 360 valence electrons. The molecule has 1 N–H and O–H groups in total. The summed E-state index contributed by atoms with van der Waals surface area (Å²) in [6.07, 6.45) is 11.1. The molecule has 12 heteroatoms. The summed E-state index contributed by atoms with van der Waals surface area (Å²) in [6.45, 7) is 0. The summed E-state index contributed by atoms with van der Waals surface area (Å²) in [7, 11) is 0. The predicted molar refractivity (Wildman–Crippen MR) is 323 cm³/mol. The molecule has 0 spiro atoms. The Bertz CT molecular complexity index is 5080. The quantitative estimate of drug-likeness (QED) is 0.141. The number of rotatable bonds is 3. The van der Waals surface area contributed by atoms with Gasteiger partial charge in [0.25, 0.3) is 0 Å². The molecule has 0 bridgehead atoms. The Kier molecular flexibility index (Phi) is 10.6. The Morgan fingerprint density at radius 1 is 0.421 bits per heavy atom. The number of H-pyrrole nitrogens is 1. The molecule has 8 aromatic carbocycles. The molecule has 8 nitrogen and oxygen atoms in total. The zero-order chi connectivity index (χ0) is 50.4.